The molecule has 1 aromatic heterocycles. The number of aliphatic hydroxyl groups excluding tert-OH is 1. The van der Waals surface area contributed by atoms with Crippen molar-refractivity contribution < 1.29 is 14.6 Å². The molecule has 1 aromatic carbocycles. The van der Waals surface area contributed by atoms with E-state index >= 15 is 0 Å². The molecule has 0 saturated carbocycles. The first-order chi connectivity index (χ1) is 10.4. The van der Waals surface area contributed by atoms with Crippen LogP contribution in [0.1, 0.15) is 32.0 Å². The molecule has 0 aliphatic heterocycles. The predicted octanol–water partition coefficient (Wildman–Crippen LogP) is 2.72. The maximum atomic E-state index is 9.38. The van der Waals surface area contributed by atoms with Gasteiger partial charge in [0.1, 0.15) is 5.75 Å². The zero-order valence-electron chi connectivity index (χ0n) is 13.9. The van der Waals surface area contributed by atoms with Gasteiger partial charge in [-0.3, -0.25) is 0 Å². The van der Waals surface area contributed by atoms with E-state index in [1.165, 1.54) is 0 Å². The van der Waals surface area contributed by atoms with Gasteiger partial charge in [-0.05, 0) is 12.1 Å². The van der Waals surface area contributed by atoms with Crippen molar-refractivity contribution >= 4 is 0 Å². The lowest BCUT2D eigenvalue weighted by Gasteiger charge is -2.17. The first kappa shape index (κ1) is 16.4. The van der Waals surface area contributed by atoms with Gasteiger partial charge in [0.2, 0.25) is 5.88 Å². The average molecular weight is 304 g/mol. The van der Waals surface area contributed by atoms with E-state index in [1.54, 1.807) is 18.9 Å². The van der Waals surface area contributed by atoms with Crippen LogP contribution >= 0.6 is 0 Å². The van der Waals surface area contributed by atoms with E-state index in [0.29, 0.717) is 12.3 Å². The fourth-order valence-corrected chi connectivity index (χ4v) is 2.50. The van der Waals surface area contributed by atoms with Crippen molar-refractivity contribution in [2.45, 2.75) is 32.6 Å². The van der Waals surface area contributed by atoms with Crippen LogP contribution < -0.4 is 9.47 Å². The topological polar surface area (TPSA) is 56.5 Å². The molecular formula is C17H24N2O3. The summed E-state index contributed by atoms with van der Waals surface area (Å²) in [5.74, 6) is 1.42. The first-order valence-electron chi connectivity index (χ1n) is 7.34. The molecule has 0 aliphatic carbocycles. The van der Waals surface area contributed by atoms with Crippen LogP contribution in [0.3, 0.4) is 0 Å². The molecule has 120 valence electrons. The van der Waals surface area contributed by atoms with Crippen molar-refractivity contribution in [2.75, 3.05) is 20.8 Å². The Morgan fingerprint density at radius 3 is 2.45 bits per heavy atom. The number of methoxy groups -OCH3 is 2. The number of hydrogen-bond donors (Lipinski definition) is 1. The van der Waals surface area contributed by atoms with Gasteiger partial charge in [0, 0.05) is 30.1 Å². The highest BCUT2D eigenvalue weighted by Crippen LogP contribution is 2.34. The summed E-state index contributed by atoms with van der Waals surface area (Å²) in [6.45, 7) is 6.37. The number of aromatic nitrogens is 2. The minimum absolute atomic E-state index is 0.0588. The predicted molar refractivity (Wildman–Crippen MR) is 86.2 cm³/mol. The molecule has 22 heavy (non-hydrogen) atoms. The van der Waals surface area contributed by atoms with E-state index in [2.05, 4.69) is 20.8 Å². The molecule has 0 bridgehead atoms. The number of benzene rings is 1. The number of ether oxygens (including phenoxy) is 2. The fourth-order valence-electron chi connectivity index (χ4n) is 2.50. The minimum atomic E-state index is -0.137. The number of aliphatic hydroxyl groups is 1. The summed E-state index contributed by atoms with van der Waals surface area (Å²) in [4.78, 5) is 0. The van der Waals surface area contributed by atoms with Gasteiger partial charge in [0.05, 0.1) is 25.6 Å². The molecule has 5 heteroatoms. The highest BCUT2D eigenvalue weighted by atomic mass is 16.5. The van der Waals surface area contributed by atoms with Crippen molar-refractivity contribution in [3.05, 3.63) is 35.5 Å². The second-order valence-electron chi connectivity index (χ2n) is 6.17. The summed E-state index contributed by atoms with van der Waals surface area (Å²) >= 11 is 0. The molecular weight excluding hydrogens is 280 g/mol. The maximum Gasteiger partial charge on any atom is 0.220 e. The van der Waals surface area contributed by atoms with Crippen molar-refractivity contribution in [1.29, 1.82) is 0 Å². The van der Waals surface area contributed by atoms with Gasteiger partial charge in [-0.2, -0.15) is 5.10 Å². The summed E-state index contributed by atoms with van der Waals surface area (Å²) < 4.78 is 12.6. The van der Waals surface area contributed by atoms with Crippen LogP contribution in [0, 0.1) is 0 Å². The number of rotatable bonds is 5. The average Bonchev–Trinajstić information content (AvgIpc) is 2.86. The van der Waals surface area contributed by atoms with Gasteiger partial charge < -0.3 is 14.6 Å². The normalized spacial score (nSPS) is 11.5. The lowest BCUT2D eigenvalue weighted by Crippen LogP contribution is -2.15. The number of hydrogen-bond acceptors (Lipinski definition) is 4. The van der Waals surface area contributed by atoms with E-state index in [1.807, 2.05) is 24.3 Å². The van der Waals surface area contributed by atoms with Crippen LogP contribution in [0.5, 0.6) is 11.6 Å². The van der Waals surface area contributed by atoms with E-state index in [9.17, 15) is 5.11 Å². The molecule has 0 atom stereocenters. The fraction of sp³-hybridized carbons (Fsp3) is 0.471. The van der Waals surface area contributed by atoms with Gasteiger partial charge in [-0.15, -0.1) is 0 Å². The smallest absolute Gasteiger partial charge is 0.220 e. The first-order valence-corrected chi connectivity index (χ1v) is 7.34. The molecule has 1 heterocycles. The Labute approximate surface area is 131 Å². The van der Waals surface area contributed by atoms with Gasteiger partial charge >= 0.3 is 0 Å². The lowest BCUT2D eigenvalue weighted by molar-refractivity contribution is 0.295. The second kappa shape index (κ2) is 6.40. The van der Waals surface area contributed by atoms with Gasteiger partial charge in [0.25, 0.3) is 0 Å². The molecule has 0 fully saturated rings. The minimum Gasteiger partial charge on any atom is -0.497 e. The standard InChI is InChI=1S/C17H24N2O3/c1-17(2,3)15-14(9-10-20)16(22-5)19(18-15)12-7-6-8-13(11-12)21-4/h6-8,11,20H,9-10H2,1-5H3. The molecule has 0 unspecified atom stereocenters. The molecule has 0 aliphatic rings. The van der Waals surface area contributed by atoms with E-state index < -0.39 is 0 Å². The summed E-state index contributed by atoms with van der Waals surface area (Å²) in [5, 5.41) is 14.1. The van der Waals surface area contributed by atoms with Crippen LogP contribution in [-0.2, 0) is 11.8 Å². The maximum absolute atomic E-state index is 9.38. The van der Waals surface area contributed by atoms with Crippen molar-refractivity contribution in [1.82, 2.24) is 9.78 Å². The molecule has 5 nitrogen and oxygen atoms in total. The Morgan fingerprint density at radius 2 is 1.91 bits per heavy atom. The monoisotopic (exact) mass is 304 g/mol. The molecule has 2 rings (SSSR count). The zero-order chi connectivity index (χ0) is 16.3. The largest absolute Gasteiger partial charge is 0.497 e. The van der Waals surface area contributed by atoms with Crippen LogP contribution in [0.15, 0.2) is 24.3 Å². The summed E-state index contributed by atoms with van der Waals surface area (Å²) in [6, 6.07) is 7.66. The van der Waals surface area contributed by atoms with Crippen LogP contribution in [0.4, 0.5) is 0 Å². The lowest BCUT2D eigenvalue weighted by atomic mass is 9.88. The summed E-state index contributed by atoms with van der Waals surface area (Å²) in [6.07, 6.45) is 0.514. The third-order valence-electron chi connectivity index (χ3n) is 3.50. The van der Waals surface area contributed by atoms with Crippen molar-refractivity contribution in [2.24, 2.45) is 0 Å². The van der Waals surface area contributed by atoms with Crippen molar-refractivity contribution in [3.8, 4) is 17.3 Å². The highest BCUT2D eigenvalue weighted by Gasteiger charge is 2.27. The molecule has 0 saturated heterocycles. The Morgan fingerprint density at radius 1 is 1.18 bits per heavy atom. The Kier molecular flexibility index (Phi) is 4.76. The number of nitrogens with zero attached hydrogens (tertiary/aromatic N) is 2. The van der Waals surface area contributed by atoms with E-state index in [4.69, 9.17) is 14.6 Å². The summed E-state index contributed by atoms with van der Waals surface area (Å²) in [5.41, 5.74) is 2.61. The zero-order valence-corrected chi connectivity index (χ0v) is 13.9. The second-order valence-corrected chi connectivity index (χ2v) is 6.17. The molecule has 2 aromatic rings. The van der Waals surface area contributed by atoms with Gasteiger partial charge in [0.15, 0.2) is 0 Å². The molecule has 0 spiro atoms. The SMILES string of the molecule is COc1cccc(-n2nc(C(C)(C)C)c(CCO)c2OC)c1. The molecule has 0 amide bonds. The van der Waals surface area contributed by atoms with Crippen LogP contribution in [0.2, 0.25) is 0 Å². The van der Waals surface area contributed by atoms with E-state index in [-0.39, 0.29) is 12.0 Å². The van der Waals surface area contributed by atoms with Gasteiger partial charge in [-0.1, -0.05) is 26.8 Å². The molecule has 1 N–H and O–H groups in total. The van der Waals surface area contributed by atoms with Crippen LogP contribution in [-0.4, -0.2) is 35.7 Å². The third kappa shape index (κ3) is 3.09. The Balaban J connectivity index is 2.64. The van der Waals surface area contributed by atoms with Gasteiger partial charge in [-0.25, -0.2) is 4.68 Å². The molecule has 0 radical (unpaired) electrons. The summed E-state index contributed by atoms with van der Waals surface area (Å²) in [7, 11) is 3.26. The highest BCUT2D eigenvalue weighted by molar-refractivity contribution is 5.46. The van der Waals surface area contributed by atoms with Crippen molar-refractivity contribution in [3.63, 3.8) is 0 Å². The van der Waals surface area contributed by atoms with Crippen LogP contribution in [0.25, 0.3) is 5.69 Å². The quantitative estimate of drug-likeness (QED) is 0.923. The Bertz CT molecular complexity index is 642. The third-order valence-corrected chi connectivity index (χ3v) is 3.50. The Hall–Kier alpha value is -2.01. The van der Waals surface area contributed by atoms with E-state index in [0.717, 1.165) is 22.7 Å².